The number of aryl methyl sites for hydroxylation is 2. The Labute approximate surface area is 204 Å². The number of aromatic nitrogens is 3. The van der Waals surface area contributed by atoms with Gasteiger partial charge in [0.1, 0.15) is 0 Å². The van der Waals surface area contributed by atoms with Crippen molar-refractivity contribution in [2.45, 2.75) is 57.7 Å². The molecule has 3 heterocycles. The summed E-state index contributed by atoms with van der Waals surface area (Å²) in [6.45, 7) is 7.17. The van der Waals surface area contributed by atoms with Gasteiger partial charge in [-0.25, -0.2) is 4.68 Å². The summed E-state index contributed by atoms with van der Waals surface area (Å²) in [5, 5.41) is 17.3. The van der Waals surface area contributed by atoms with Gasteiger partial charge in [-0.3, -0.25) is 9.78 Å². The summed E-state index contributed by atoms with van der Waals surface area (Å²) in [6.07, 6.45) is 5.79. The molecule has 1 N–H and O–H groups in total. The van der Waals surface area contributed by atoms with E-state index in [4.69, 9.17) is 9.47 Å². The molecule has 3 aromatic rings. The lowest BCUT2D eigenvalue weighted by atomic mass is 9.70. The summed E-state index contributed by atoms with van der Waals surface area (Å²) in [5.41, 5.74) is 5.06. The van der Waals surface area contributed by atoms with E-state index in [2.05, 4.69) is 27.5 Å². The van der Waals surface area contributed by atoms with Crippen LogP contribution in [0.4, 0.5) is 5.69 Å². The standard InChI is InChI=1S/C27H29N5O3/c1-18-12-19(2)14-22(13-18)32-20(3)23(16-30-32)25(33)31-21-4-5-24(29-15-21)26(17-28)6-8-27(9-7-26)34-10-11-35-27/h4-5,12-16H,6-11H2,1-3H3,(H,31,33). The van der Waals surface area contributed by atoms with Gasteiger partial charge in [0.05, 0.1) is 65.4 Å². The number of hydrogen-bond donors (Lipinski definition) is 1. The molecule has 0 unspecified atom stereocenters. The molecule has 8 heteroatoms. The number of ether oxygens (including phenoxy) is 2. The van der Waals surface area contributed by atoms with Gasteiger partial charge in [-0.15, -0.1) is 0 Å². The normalized spacial score (nSPS) is 18.3. The molecule has 1 amide bonds. The molecule has 2 fully saturated rings. The number of anilines is 1. The molecule has 8 nitrogen and oxygen atoms in total. The first-order valence-electron chi connectivity index (χ1n) is 11.9. The first-order valence-corrected chi connectivity index (χ1v) is 11.9. The highest BCUT2D eigenvalue weighted by molar-refractivity contribution is 6.04. The second-order valence-corrected chi connectivity index (χ2v) is 9.59. The zero-order valence-electron chi connectivity index (χ0n) is 20.3. The van der Waals surface area contributed by atoms with Crippen LogP contribution < -0.4 is 5.32 Å². The summed E-state index contributed by atoms with van der Waals surface area (Å²) in [5.74, 6) is -0.786. The number of hydrogen-bond acceptors (Lipinski definition) is 6. The third-order valence-corrected chi connectivity index (χ3v) is 7.11. The van der Waals surface area contributed by atoms with Crippen molar-refractivity contribution in [2.24, 2.45) is 0 Å². The number of rotatable bonds is 4. The van der Waals surface area contributed by atoms with E-state index in [1.54, 1.807) is 23.1 Å². The molecule has 0 radical (unpaired) electrons. The van der Waals surface area contributed by atoms with E-state index in [0.717, 1.165) is 22.5 Å². The SMILES string of the molecule is Cc1cc(C)cc(-n2ncc(C(=O)Nc3ccc(C4(C#N)CCC5(CC4)OCCO5)nc3)c2C)c1. The largest absolute Gasteiger partial charge is 0.348 e. The maximum absolute atomic E-state index is 13.0. The second kappa shape index (κ2) is 8.91. The Morgan fingerprint density at radius 1 is 1.03 bits per heavy atom. The van der Waals surface area contributed by atoms with Crippen LogP contribution in [0, 0.1) is 32.1 Å². The summed E-state index contributed by atoms with van der Waals surface area (Å²) < 4.78 is 13.4. The van der Waals surface area contributed by atoms with E-state index in [1.165, 1.54) is 0 Å². The van der Waals surface area contributed by atoms with Gasteiger partial charge >= 0.3 is 0 Å². The number of benzene rings is 1. The Bertz CT molecular complexity index is 1270. The molecule has 1 aliphatic heterocycles. The van der Waals surface area contributed by atoms with Crippen LogP contribution in [0.2, 0.25) is 0 Å². The van der Waals surface area contributed by atoms with Gasteiger partial charge in [-0.05, 0) is 69.0 Å². The fourth-order valence-electron chi connectivity index (χ4n) is 5.18. The van der Waals surface area contributed by atoms with Crippen LogP contribution in [0.25, 0.3) is 5.69 Å². The van der Waals surface area contributed by atoms with Gasteiger partial charge < -0.3 is 14.8 Å². The van der Waals surface area contributed by atoms with Crippen molar-refractivity contribution in [3.8, 4) is 11.8 Å². The van der Waals surface area contributed by atoms with Crippen molar-refractivity contribution in [1.82, 2.24) is 14.8 Å². The first-order chi connectivity index (χ1) is 16.8. The zero-order valence-corrected chi connectivity index (χ0v) is 20.3. The Morgan fingerprint density at radius 3 is 2.31 bits per heavy atom. The number of pyridine rings is 1. The molecule has 5 rings (SSSR count). The minimum atomic E-state index is -0.674. The molecule has 1 saturated carbocycles. The highest BCUT2D eigenvalue weighted by Crippen LogP contribution is 2.45. The van der Waals surface area contributed by atoms with Crippen molar-refractivity contribution in [3.63, 3.8) is 0 Å². The summed E-state index contributed by atoms with van der Waals surface area (Å²) in [6, 6.07) is 12.3. The molecule has 2 aliphatic rings. The lowest BCUT2D eigenvalue weighted by Crippen LogP contribution is -2.41. The summed E-state index contributed by atoms with van der Waals surface area (Å²) in [4.78, 5) is 17.6. The molecule has 0 atom stereocenters. The van der Waals surface area contributed by atoms with Crippen LogP contribution in [-0.4, -0.2) is 39.7 Å². The van der Waals surface area contributed by atoms with Gasteiger partial charge in [0.15, 0.2) is 5.79 Å². The zero-order chi connectivity index (χ0) is 24.6. The van der Waals surface area contributed by atoms with Crippen LogP contribution >= 0.6 is 0 Å². The fraction of sp³-hybridized carbons (Fsp3) is 0.407. The van der Waals surface area contributed by atoms with Crippen molar-refractivity contribution in [3.05, 3.63) is 70.8 Å². The molecule has 1 spiro atoms. The van der Waals surface area contributed by atoms with Crippen LogP contribution in [-0.2, 0) is 14.9 Å². The number of amides is 1. The van der Waals surface area contributed by atoms with Gasteiger partial charge in [-0.1, -0.05) is 6.07 Å². The highest BCUT2D eigenvalue weighted by Gasteiger charge is 2.48. The minimum Gasteiger partial charge on any atom is -0.348 e. The Hall–Kier alpha value is -3.54. The Kier molecular flexibility index (Phi) is 5.91. The molecule has 35 heavy (non-hydrogen) atoms. The topological polar surface area (TPSA) is 102 Å². The molecule has 2 aromatic heterocycles. The Balaban J connectivity index is 1.30. The molecule has 0 bridgehead atoms. The molecule has 180 valence electrons. The average molecular weight is 472 g/mol. The second-order valence-electron chi connectivity index (χ2n) is 9.59. The maximum Gasteiger partial charge on any atom is 0.259 e. The number of nitrogens with one attached hydrogen (secondary N) is 1. The number of carbonyl (C=O) groups excluding carboxylic acids is 1. The van der Waals surface area contributed by atoms with Gasteiger partial charge in [0, 0.05) is 12.8 Å². The van der Waals surface area contributed by atoms with E-state index in [-0.39, 0.29) is 5.91 Å². The van der Waals surface area contributed by atoms with Crippen molar-refractivity contribution in [2.75, 3.05) is 18.5 Å². The van der Waals surface area contributed by atoms with E-state index in [0.29, 0.717) is 55.8 Å². The van der Waals surface area contributed by atoms with Crippen molar-refractivity contribution < 1.29 is 14.3 Å². The van der Waals surface area contributed by atoms with E-state index >= 15 is 0 Å². The molecular formula is C27H29N5O3. The van der Waals surface area contributed by atoms with Gasteiger partial charge in [0.2, 0.25) is 0 Å². The molecule has 1 aromatic carbocycles. The first kappa shape index (κ1) is 23.2. The molecular weight excluding hydrogens is 442 g/mol. The van der Waals surface area contributed by atoms with E-state index in [1.807, 2.05) is 39.0 Å². The average Bonchev–Trinajstić information content (AvgIpc) is 3.46. The van der Waals surface area contributed by atoms with Gasteiger partial charge in [-0.2, -0.15) is 10.4 Å². The minimum absolute atomic E-state index is 0.252. The fourth-order valence-corrected chi connectivity index (χ4v) is 5.18. The predicted octanol–water partition coefficient (Wildman–Crippen LogP) is 4.52. The third-order valence-electron chi connectivity index (χ3n) is 7.11. The summed E-state index contributed by atoms with van der Waals surface area (Å²) >= 11 is 0. The number of carbonyl (C=O) groups is 1. The predicted molar refractivity (Wildman–Crippen MR) is 130 cm³/mol. The van der Waals surface area contributed by atoms with Gasteiger partial charge in [0.25, 0.3) is 5.91 Å². The van der Waals surface area contributed by atoms with Crippen LogP contribution in [0.3, 0.4) is 0 Å². The molecule has 1 saturated heterocycles. The molecule has 1 aliphatic carbocycles. The lowest BCUT2D eigenvalue weighted by molar-refractivity contribution is -0.182. The quantitative estimate of drug-likeness (QED) is 0.600. The highest BCUT2D eigenvalue weighted by atomic mass is 16.7. The van der Waals surface area contributed by atoms with Crippen LogP contribution in [0.15, 0.2) is 42.7 Å². The monoisotopic (exact) mass is 471 g/mol. The number of nitriles is 1. The van der Waals surface area contributed by atoms with E-state index < -0.39 is 11.2 Å². The van der Waals surface area contributed by atoms with Crippen LogP contribution in [0.5, 0.6) is 0 Å². The summed E-state index contributed by atoms with van der Waals surface area (Å²) in [7, 11) is 0. The van der Waals surface area contributed by atoms with Crippen LogP contribution in [0.1, 0.15) is 58.6 Å². The van der Waals surface area contributed by atoms with E-state index in [9.17, 15) is 10.1 Å². The van der Waals surface area contributed by atoms with Crippen molar-refractivity contribution >= 4 is 11.6 Å². The lowest BCUT2D eigenvalue weighted by Gasteiger charge is -2.39. The maximum atomic E-state index is 13.0. The Morgan fingerprint density at radius 2 is 1.71 bits per heavy atom. The smallest absolute Gasteiger partial charge is 0.259 e. The van der Waals surface area contributed by atoms with Crippen molar-refractivity contribution in [1.29, 1.82) is 5.26 Å². The number of nitrogens with zero attached hydrogens (tertiary/aromatic N) is 4. The third kappa shape index (κ3) is 4.33.